The van der Waals surface area contributed by atoms with Crippen LogP contribution in [0.25, 0.3) is 22.1 Å². The number of morpholine rings is 1. The first-order valence-electron chi connectivity index (χ1n) is 9.45. The second-order valence-electron chi connectivity index (χ2n) is 6.74. The molecule has 0 bridgehead atoms. The monoisotopic (exact) mass is 384 g/mol. The molecule has 28 heavy (non-hydrogen) atoms. The first-order valence-corrected chi connectivity index (χ1v) is 9.45. The number of methoxy groups -OCH3 is 1. The topological polar surface area (TPSA) is 94.4 Å². The Bertz CT molecular complexity index is 967. The number of nitrogens with one attached hydrogen (secondary N) is 1. The van der Waals surface area contributed by atoms with Crippen molar-refractivity contribution in [3.8, 4) is 0 Å². The highest BCUT2D eigenvalue weighted by Crippen LogP contribution is 2.22. The van der Waals surface area contributed by atoms with Gasteiger partial charge in [0.15, 0.2) is 0 Å². The molecule has 2 aromatic heterocycles. The number of carbonyl (C=O) groups excluding carboxylic acids is 1. The molecular weight excluding hydrogens is 360 g/mol. The Hall–Kier alpha value is -2.62. The number of hydrogen-bond acceptors (Lipinski definition) is 7. The number of imidazole rings is 1. The molecule has 0 aliphatic carbocycles. The molecule has 4 rings (SSSR count). The van der Waals surface area contributed by atoms with Crippen LogP contribution in [-0.4, -0.2) is 83.7 Å². The van der Waals surface area contributed by atoms with E-state index in [2.05, 4.69) is 25.4 Å². The third-order valence-corrected chi connectivity index (χ3v) is 4.94. The molecule has 1 aromatic carbocycles. The lowest BCUT2D eigenvalue weighted by Gasteiger charge is -2.26. The van der Waals surface area contributed by atoms with E-state index >= 15 is 0 Å². The highest BCUT2D eigenvalue weighted by atomic mass is 16.5. The first kappa shape index (κ1) is 18.7. The van der Waals surface area contributed by atoms with Crippen LogP contribution in [0.4, 0.5) is 0 Å². The third-order valence-electron chi connectivity index (χ3n) is 4.94. The van der Waals surface area contributed by atoms with Crippen molar-refractivity contribution in [2.75, 3.05) is 53.1 Å². The predicted octanol–water partition coefficient (Wildman–Crippen LogP) is 0.688. The van der Waals surface area contributed by atoms with E-state index in [9.17, 15) is 4.79 Å². The third kappa shape index (κ3) is 3.96. The van der Waals surface area contributed by atoms with E-state index in [1.165, 1.54) is 0 Å². The van der Waals surface area contributed by atoms with Crippen LogP contribution < -0.4 is 5.32 Å². The van der Waals surface area contributed by atoms with Crippen molar-refractivity contribution in [2.45, 2.75) is 6.54 Å². The number of amides is 1. The molecule has 9 nitrogen and oxygen atoms in total. The summed E-state index contributed by atoms with van der Waals surface area (Å²) < 4.78 is 12.5. The van der Waals surface area contributed by atoms with Crippen LogP contribution in [0.5, 0.6) is 0 Å². The second-order valence-corrected chi connectivity index (χ2v) is 6.74. The van der Waals surface area contributed by atoms with Crippen LogP contribution in [0.1, 0.15) is 10.4 Å². The van der Waals surface area contributed by atoms with Gasteiger partial charge in [0, 0.05) is 50.8 Å². The quantitative estimate of drug-likeness (QED) is 0.640. The normalized spacial score (nSPS) is 15.3. The Morgan fingerprint density at radius 2 is 2.11 bits per heavy atom. The summed E-state index contributed by atoms with van der Waals surface area (Å²) in [5, 5.41) is 12.3. The van der Waals surface area contributed by atoms with Gasteiger partial charge in [0.05, 0.1) is 37.2 Å². The molecule has 3 aromatic rings. The Labute approximate surface area is 162 Å². The lowest BCUT2D eigenvalue weighted by Crippen LogP contribution is -2.41. The summed E-state index contributed by atoms with van der Waals surface area (Å²) in [4.78, 5) is 19.2. The molecule has 1 amide bonds. The van der Waals surface area contributed by atoms with Crippen LogP contribution in [0.2, 0.25) is 0 Å². The molecule has 3 heterocycles. The molecule has 1 N–H and O–H groups in total. The summed E-state index contributed by atoms with van der Waals surface area (Å²) in [5.74, 6) is -0.0944. The van der Waals surface area contributed by atoms with Crippen LogP contribution in [-0.2, 0) is 16.0 Å². The maximum Gasteiger partial charge on any atom is 0.251 e. The zero-order chi connectivity index (χ0) is 19.3. The highest BCUT2D eigenvalue weighted by molar-refractivity contribution is 6.05. The maximum atomic E-state index is 12.6. The lowest BCUT2D eigenvalue weighted by atomic mass is 10.1. The smallest absolute Gasteiger partial charge is 0.251 e. The summed E-state index contributed by atoms with van der Waals surface area (Å²) in [6.45, 7) is 5.98. The van der Waals surface area contributed by atoms with E-state index in [1.54, 1.807) is 19.5 Å². The van der Waals surface area contributed by atoms with Gasteiger partial charge in [-0.15, -0.1) is 10.2 Å². The van der Waals surface area contributed by atoms with Crippen molar-refractivity contribution in [2.24, 2.45) is 0 Å². The van der Waals surface area contributed by atoms with E-state index in [0.717, 1.165) is 49.3 Å². The van der Waals surface area contributed by atoms with Crippen molar-refractivity contribution in [1.82, 2.24) is 30.0 Å². The Morgan fingerprint density at radius 1 is 1.25 bits per heavy atom. The van der Waals surface area contributed by atoms with E-state index in [0.29, 0.717) is 30.9 Å². The van der Waals surface area contributed by atoms with Crippen molar-refractivity contribution in [3.63, 3.8) is 0 Å². The largest absolute Gasteiger partial charge is 0.383 e. The summed E-state index contributed by atoms with van der Waals surface area (Å²) in [6, 6.07) is 5.47. The minimum Gasteiger partial charge on any atom is -0.383 e. The summed E-state index contributed by atoms with van der Waals surface area (Å²) >= 11 is 0. The number of nitrogens with zero attached hydrogens (tertiary/aromatic N) is 5. The molecule has 1 aliphatic heterocycles. The first-order chi connectivity index (χ1) is 13.8. The minimum absolute atomic E-state index is 0.0944. The molecule has 148 valence electrons. The number of benzene rings is 1. The number of rotatable bonds is 7. The van der Waals surface area contributed by atoms with Gasteiger partial charge in [-0.05, 0) is 18.2 Å². The summed E-state index contributed by atoms with van der Waals surface area (Å²) in [6.07, 6.45) is 1.73. The number of fused-ring (bicyclic) bond motifs is 3. The van der Waals surface area contributed by atoms with Crippen molar-refractivity contribution in [3.05, 3.63) is 30.1 Å². The molecule has 1 fully saturated rings. The fraction of sp³-hybridized carbons (Fsp3) is 0.474. The molecule has 0 saturated carbocycles. The standard InChI is InChI=1S/C19H24N6O3/c1-27-9-8-25-13-21-18-17(25)15-12-14(2-3-16(15)22-23-18)19(26)20-4-5-24-6-10-28-11-7-24/h2-3,12-13H,4-11H2,1H3,(H,20,26). The van der Waals surface area contributed by atoms with Crippen molar-refractivity contribution >= 4 is 28.0 Å². The molecule has 0 spiro atoms. The van der Waals surface area contributed by atoms with Crippen molar-refractivity contribution < 1.29 is 14.3 Å². The van der Waals surface area contributed by atoms with Gasteiger partial charge in [-0.2, -0.15) is 0 Å². The van der Waals surface area contributed by atoms with E-state index in [-0.39, 0.29) is 5.91 Å². The Morgan fingerprint density at radius 3 is 2.93 bits per heavy atom. The average Bonchev–Trinajstić information content (AvgIpc) is 3.16. The minimum atomic E-state index is -0.0944. The zero-order valence-electron chi connectivity index (χ0n) is 15.9. The van der Waals surface area contributed by atoms with Gasteiger partial charge in [0.25, 0.3) is 5.91 Å². The molecule has 1 aliphatic rings. The number of carbonyl (C=O) groups is 1. The second kappa shape index (κ2) is 8.59. The zero-order valence-corrected chi connectivity index (χ0v) is 15.9. The van der Waals surface area contributed by atoms with Crippen LogP contribution in [0.15, 0.2) is 24.5 Å². The molecule has 0 radical (unpaired) electrons. The fourth-order valence-corrected chi connectivity index (χ4v) is 3.39. The SMILES string of the molecule is COCCn1cnc2nnc3ccc(C(=O)NCCN4CCOCC4)cc3c21. The number of aromatic nitrogens is 4. The number of hydrogen-bond donors (Lipinski definition) is 1. The van der Waals surface area contributed by atoms with Gasteiger partial charge in [0.2, 0.25) is 5.65 Å². The van der Waals surface area contributed by atoms with Crippen LogP contribution >= 0.6 is 0 Å². The Kier molecular flexibility index (Phi) is 5.75. The van der Waals surface area contributed by atoms with Crippen molar-refractivity contribution in [1.29, 1.82) is 0 Å². The van der Waals surface area contributed by atoms with Crippen LogP contribution in [0, 0.1) is 0 Å². The molecule has 9 heteroatoms. The maximum absolute atomic E-state index is 12.6. The van der Waals surface area contributed by atoms with Gasteiger partial charge in [-0.1, -0.05) is 0 Å². The summed E-state index contributed by atoms with van der Waals surface area (Å²) in [7, 11) is 1.66. The van der Waals surface area contributed by atoms with E-state index < -0.39 is 0 Å². The molecule has 1 saturated heterocycles. The molecule has 0 unspecified atom stereocenters. The lowest BCUT2D eigenvalue weighted by molar-refractivity contribution is 0.0383. The van der Waals surface area contributed by atoms with E-state index in [1.807, 2.05) is 16.7 Å². The molecule has 0 atom stereocenters. The van der Waals surface area contributed by atoms with Crippen LogP contribution in [0.3, 0.4) is 0 Å². The van der Waals surface area contributed by atoms with E-state index in [4.69, 9.17) is 9.47 Å². The number of ether oxygens (including phenoxy) is 2. The predicted molar refractivity (Wildman–Crippen MR) is 104 cm³/mol. The van der Waals surface area contributed by atoms with Gasteiger partial charge in [0.1, 0.15) is 0 Å². The highest BCUT2D eigenvalue weighted by Gasteiger charge is 2.14. The average molecular weight is 384 g/mol. The fourth-order valence-electron chi connectivity index (χ4n) is 3.39. The van der Waals surface area contributed by atoms with Gasteiger partial charge in [-0.25, -0.2) is 4.98 Å². The van der Waals surface area contributed by atoms with Gasteiger partial charge < -0.3 is 19.4 Å². The van der Waals surface area contributed by atoms with Gasteiger partial charge in [-0.3, -0.25) is 9.69 Å². The summed E-state index contributed by atoms with van der Waals surface area (Å²) in [5.41, 5.74) is 2.76. The van der Waals surface area contributed by atoms with Gasteiger partial charge >= 0.3 is 0 Å². The Balaban J connectivity index is 1.53. The molecular formula is C19H24N6O3.